The van der Waals surface area contributed by atoms with Gasteiger partial charge in [-0.25, -0.2) is 0 Å². The lowest BCUT2D eigenvalue weighted by atomic mass is 10.0. The number of amides is 2. The summed E-state index contributed by atoms with van der Waals surface area (Å²) in [7, 11) is 3.23. The van der Waals surface area contributed by atoms with Crippen molar-refractivity contribution in [3.63, 3.8) is 0 Å². The van der Waals surface area contributed by atoms with Crippen molar-refractivity contribution in [3.05, 3.63) is 40.5 Å². The maximum atomic E-state index is 13.3. The molecule has 1 aromatic carbocycles. The van der Waals surface area contributed by atoms with Gasteiger partial charge in [0.2, 0.25) is 0 Å². The molecule has 0 atom stereocenters. The number of unbranched alkanes of at least 4 members (excludes halogenated alkanes) is 3. The van der Waals surface area contributed by atoms with Crippen molar-refractivity contribution in [1.29, 1.82) is 0 Å². The van der Waals surface area contributed by atoms with E-state index in [9.17, 15) is 9.59 Å². The highest BCUT2D eigenvalue weighted by molar-refractivity contribution is 6.36. The van der Waals surface area contributed by atoms with Crippen LogP contribution in [0.25, 0.3) is 5.57 Å². The van der Waals surface area contributed by atoms with E-state index in [2.05, 4.69) is 6.92 Å². The number of benzene rings is 1. The fraction of sp³-hybridized carbons (Fsp3) is 0.545. The number of carbonyl (C=O) groups excluding carboxylic acids is 2. The van der Waals surface area contributed by atoms with Crippen molar-refractivity contribution < 1.29 is 19.1 Å². The lowest BCUT2D eigenvalue weighted by molar-refractivity contribution is -0.137. The van der Waals surface area contributed by atoms with E-state index in [0.29, 0.717) is 54.7 Å². The van der Waals surface area contributed by atoms with Crippen LogP contribution in [-0.2, 0) is 19.1 Å². The molecule has 29 heavy (non-hydrogen) atoms. The first-order chi connectivity index (χ1) is 14.0. The number of rotatable bonds is 13. The minimum atomic E-state index is -0.247. The Bertz CT molecular complexity index is 710. The summed E-state index contributed by atoms with van der Waals surface area (Å²) in [5.74, 6) is -0.493. The van der Waals surface area contributed by atoms with Crippen LogP contribution in [0.1, 0.15) is 38.2 Å². The molecular formula is C22H31ClN2O4. The first-order valence-corrected chi connectivity index (χ1v) is 10.5. The third-order valence-electron chi connectivity index (χ3n) is 4.96. The van der Waals surface area contributed by atoms with E-state index >= 15 is 0 Å². The van der Waals surface area contributed by atoms with Gasteiger partial charge in [-0.2, -0.15) is 0 Å². The largest absolute Gasteiger partial charge is 0.383 e. The Labute approximate surface area is 178 Å². The van der Waals surface area contributed by atoms with Crippen molar-refractivity contribution in [2.75, 3.05) is 47.1 Å². The fourth-order valence-corrected chi connectivity index (χ4v) is 3.50. The summed E-state index contributed by atoms with van der Waals surface area (Å²) in [6.07, 6.45) is 4.00. The molecule has 0 spiro atoms. The van der Waals surface area contributed by atoms with Crippen LogP contribution in [0.3, 0.4) is 0 Å². The van der Waals surface area contributed by atoms with Gasteiger partial charge in [-0.3, -0.25) is 14.5 Å². The summed E-state index contributed by atoms with van der Waals surface area (Å²) < 4.78 is 10.4. The Morgan fingerprint density at radius 2 is 1.55 bits per heavy atom. The van der Waals surface area contributed by atoms with Crippen molar-refractivity contribution in [2.45, 2.75) is 32.6 Å². The number of methoxy groups -OCH3 is 2. The van der Waals surface area contributed by atoms with Gasteiger partial charge in [0.25, 0.3) is 11.8 Å². The number of hydrogen-bond donors (Lipinski definition) is 0. The smallest absolute Gasteiger partial charge is 0.277 e. The molecule has 0 bridgehead atoms. The SMILES string of the molecule is CCCCCCN1C(=O)C(c2ccc(Cl)cc2)=C(N(CCOC)CCOC)C1=O. The molecule has 0 fully saturated rings. The average molecular weight is 423 g/mol. The molecule has 7 heteroatoms. The first kappa shape index (κ1) is 23.4. The maximum Gasteiger partial charge on any atom is 0.277 e. The number of imide groups is 1. The molecule has 2 amide bonds. The molecule has 0 N–H and O–H groups in total. The predicted molar refractivity (Wildman–Crippen MR) is 115 cm³/mol. The quantitative estimate of drug-likeness (QED) is 0.359. The molecule has 1 aliphatic heterocycles. The lowest BCUT2D eigenvalue weighted by Gasteiger charge is -2.25. The second-order valence-electron chi connectivity index (χ2n) is 7.03. The summed E-state index contributed by atoms with van der Waals surface area (Å²) in [6, 6.07) is 7.04. The van der Waals surface area contributed by atoms with Gasteiger partial charge in [0.15, 0.2) is 0 Å². The van der Waals surface area contributed by atoms with Crippen molar-refractivity contribution in [3.8, 4) is 0 Å². The summed E-state index contributed by atoms with van der Waals surface area (Å²) in [4.78, 5) is 29.8. The van der Waals surface area contributed by atoms with Gasteiger partial charge in [-0.1, -0.05) is 49.9 Å². The zero-order valence-electron chi connectivity index (χ0n) is 17.6. The Morgan fingerprint density at radius 1 is 0.931 bits per heavy atom. The molecular weight excluding hydrogens is 392 g/mol. The second kappa shape index (κ2) is 12.0. The Kier molecular flexibility index (Phi) is 9.64. The van der Waals surface area contributed by atoms with E-state index in [1.54, 1.807) is 38.5 Å². The molecule has 2 rings (SSSR count). The monoisotopic (exact) mass is 422 g/mol. The molecule has 0 radical (unpaired) electrons. The molecule has 160 valence electrons. The highest BCUT2D eigenvalue weighted by Gasteiger charge is 2.41. The molecule has 0 aliphatic carbocycles. The van der Waals surface area contributed by atoms with E-state index in [1.807, 2.05) is 4.90 Å². The van der Waals surface area contributed by atoms with Gasteiger partial charge in [-0.15, -0.1) is 0 Å². The van der Waals surface area contributed by atoms with Crippen LogP contribution >= 0.6 is 11.6 Å². The van der Waals surface area contributed by atoms with Gasteiger partial charge < -0.3 is 14.4 Å². The molecule has 0 saturated heterocycles. The standard InChI is InChI=1S/C22H31ClN2O4/c1-4-5-6-7-12-25-21(26)19(17-8-10-18(23)11-9-17)20(22(25)27)24(13-15-28-2)14-16-29-3/h8-11H,4-7,12-16H2,1-3H3. The van der Waals surface area contributed by atoms with Crippen molar-refractivity contribution in [2.24, 2.45) is 0 Å². The van der Waals surface area contributed by atoms with Gasteiger partial charge >= 0.3 is 0 Å². The predicted octanol–water partition coefficient (Wildman–Crippen LogP) is 3.60. The van der Waals surface area contributed by atoms with Crippen molar-refractivity contribution in [1.82, 2.24) is 9.80 Å². The summed E-state index contributed by atoms with van der Waals surface area (Å²) in [6.45, 7) is 4.44. The fourth-order valence-electron chi connectivity index (χ4n) is 3.37. The van der Waals surface area contributed by atoms with Gasteiger partial charge in [0, 0.05) is 38.9 Å². The zero-order chi connectivity index (χ0) is 21.2. The van der Waals surface area contributed by atoms with Crippen LogP contribution in [0.15, 0.2) is 30.0 Å². The first-order valence-electron chi connectivity index (χ1n) is 10.1. The second-order valence-corrected chi connectivity index (χ2v) is 7.46. The molecule has 1 aliphatic rings. The van der Waals surface area contributed by atoms with Gasteiger partial charge in [0.1, 0.15) is 5.70 Å². The average Bonchev–Trinajstić information content (AvgIpc) is 2.96. The van der Waals surface area contributed by atoms with Crippen LogP contribution in [-0.4, -0.2) is 68.7 Å². The topological polar surface area (TPSA) is 59.1 Å². The molecule has 1 aromatic rings. The zero-order valence-corrected chi connectivity index (χ0v) is 18.3. The number of carbonyl (C=O) groups is 2. The van der Waals surface area contributed by atoms with E-state index in [0.717, 1.165) is 25.7 Å². The molecule has 0 unspecified atom stereocenters. The number of halogens is 1. The Hall–Kier alpha value is -1.89. The minimum absolute atomic E-state index is 0.247. The normalized spacial score (nSPS) is 14.3. The maximum absolute atomic E-state index is 13.3. The van der Waals surface area contributed by atoms with Crippen LogP contribution in [0.5, 0.6) is 0 Å². The summed E-state index contributed by atoms with van der Waals surface area (Å²) in [5, 5.41) is 0.583. The van der Waals surface area contributed by atoms with E-state index in [4.69, 9.17) is 21.1 Å². The summed E-state index contributed by atoms with van der Waals surface area (Å²) in [5.41, 5.74) is 1.54. The van der Waals surface area contributed by atoms with Crippen LogP contribution in [0, 0.1) is 0 Å². The molecule has 0 saturated carbocycles. The molecule has 6 nitrogen and oxygen atoms in total. The lowest BCUT2D eigenvalue weighted by Crippen LogP contribution is -2.38. The van der Waals surface area contributed by atoms with Crippen LogP contribution in [0.4, 0.5) is 0 Å². The third-order valence-corrected chi connectivity index (χ3v) is 5.21. The third kappa shape index (κ3) is 6.04. The summed E-state index contributed by atoms with van der Waals surface area (Å²) >= 11 is 6.02. The number of hydrogen-bond acceptors (Lipinski definition) is 5. The van der Waals surface area contributed by atoms with Crippen LogP contribution in [0.2, 0.25) is 5.02 Å². The van der Waals surface area contributed by atoms with Gasteiger partial charge in [0.05, 0.1) is 18.8 Å². The highest BCUT2D eigenvalue weighted by atomic mass is 35.5. The van der Waals surface area contributed by atoms with Crippen molar-refractivity contribution >= 4 is 29.0 Å². The van der Waals surface area contributed by atoms with E-state index in [1.165, 1.54) is 4.90 Å². The van der Waals surface area contributed by atoms with E-state index in [-0.39, 0.29) is 11.8 Å². The highest BCUT2D eigenvalue weighted by Crippen LogP contribution is 2.32. The number of ether oxygens (including phenoxy) is 2. The minimum Gasteiger partial charge on any atom is -0.383 e. The number of nitrogens with zero attached hydrogens (tertiary/aromatic N) is 2. The molecule has 0 aromatic heterocycles. The molecule has 1 heterocycles. The van der Waals surface area contributed by atoms with E-state index < -0.39 is 0 Å². The van der Waals surface area contributed by atoms with Crippen LogP contribution < -0.4 is 0 Å². The Balaban J connectivity index is 2.39. The Morgan fingerprint density at radius 3 is 2.10 bits per heavy atom. The van der Waals surface area contributed by atoms with Gasteiger partial charge in [-0.05, 0) is 24.1 Å².